The van der Waals surface area contributed by atoms with Crippen molar-refractivity contribution < 1.29 is 19.7 Å². The standard InChI is InChI=1S/C27H28N6O4/c1-36-24-6-4-19(10-25(24)37-2)29-26-27-28-7-8-32(27)15-22(30-26)17-3-5-21-18(11-31-13-20(35)14-31)12-33(16-34)23(21)9-17/h3-10,12,15,20,34-35H,11,13-14,16H2,1-2H3,(H,29,30). The summed E-state index contributed by atoms with van der Waals surface area (Å²) in [4.78, 5) is 11.6. The van der Waals surface area contributed by atoms with E-state index in [1.54, 1.807) is 20.4 Å². The van der Waals surface area contributed by atoms with Crippen LogP contribution in [0.25, 0.3) is 27.8 Å². The van der Waals surface area contributed by atoms with E-state index in [2.05, 4.69) is 21.3 Å². The fourth-order valence-electron chi connectivity index (χ4n) is 4.89. The van der Waals surface area contributed by atoms with E-state index < -0.39 is 0 Å². The summed E-state index contributed by atoms with van der Waals surface area (Å²) in [6.07, 6.45) is 7.30. The number of aliphatic hydroxyl groups excluding tert-OH is 2. The van der Waals surface area contributed by atoms with E-state index in [1.807, 2.05) is 57.9 Å². The van der Waals surface area contributed by atoms with E-state index in [4.69, 9.17) is 14.5 Å². The molecule has 5 aromatic rings. The summed E-state index contributed by atoms with van der Waals surface area (Å²) in [7, 11) is 3.20. The van der Waals surface area contributed by atoms with Gasteiger partial charge in [-0.1, -0.05) is 12.1 Å². The van der Waals surface area contributed by atoms with E-state index in [-0.39, 0.29) is 12.8 Å². The smallest absolute Gasteiger partial charge is 0.180 e. The summed E-state index contributed by atoms with van der Waals surface area (Å²) < 4.78 is 14.6. The molecule has 0 amide bonds. The highest BCUT2D eigenvalue weighted by atomic mass is 16.5. The lowest BCUT2D eigenvalue weighted by Gasteiger charge is -2.35. The number of fused-ring (bicyclic) bond motifs is 2. The summed E-state index contributed by atoms with van der Waals surface area (Å²) >= 11 is 0. The number of aromatic nitrogens is 4. The molecular formula is C27H28N6O4. The van der Waals surface area contributed by atoms with Crippen LogP contribution in [-0.2, 0) is 13.3 Å². The van der Waals surface area contributed by atoms with Crippen LogP contribution in [0.4, 0.5) is 11.5 Å². The van der Waals surface area contributed by atoms with Crippen molar-refractivity contribution in [1.82, 2.24) is 23.8 Å². The number of aliphatic hydroxyl groups is 2. The van der Waals surface area contributed by atoms with Gasteiger partial charge in [0.15, 0.2) is 23.0 Å². The molecule has 37 heavy (non-hydrogen) atoms. The minimum Gasteiger partial charge on any atom is -0.493 e. The van der Waals surface area contributed by atoms with Crippen LogP contribution in [0.2, 0.25) is 0 Å². The van der Waals surface area contributed by atoms with E-state index in [0.717, 1.165) is 40.0 Å². The predicted molar refractivity (Wildman–Crippen MR) is 140 cm³/mol. The number of likely N-dealkylation sites (tertiary alicyclic amines) is 1. The highest BCUT2D eigenvalue weighted by Gasteiger charge is 2.25. The van der Waals surface area contributed by atoms with Gasteiger partial charge in [0, 0.05) is 67.1 Å². The van der Waals surface area contributed by atoms with Gasteiger partial charge in [0.25, 0.3) is 0 Å². The summed E-state index contributed by atoms with van der Waals surface area (Å²) in [5.74, 6) is 1.86. The average Bonchev–Trinajstić information content (AvgIpc) is 3.52. The Labute approximate surface area is 213 Å². The normalized spacial score (nSPS) is 14.3. The number of methoxy groups -OCH3 is 2. The molecule has 1 fully saturated rings. The zero-order valence-corrected chi connectivity index (χ0v) is 20.6. The van der Waals surface area contributed by atoms with Crippen molar-refractivity contribution in [2.75, 3.05) is 32.6 Å². The summed E-state index contributed by atoms with van der Waals surface area (Å²) in [6, 6.07) is 11.8. The van der Waals surface area contributed by atoms with Crippen LogP contribution in [0.15, 0.2) is 61.2 Å². The number of anilines is 2. The second-order valence-corrected chi connectivity index (χ2v) is 9.17. The van der Waals surface area contributed by atoms with Crippen LogP contribution in [0.3, 0.4) is 0 Å². The number of nitrogens with zero attached hydrogens (tertiary/aromatic N) is 5. The van der Waals surface area contributed by atoms with E-state index >= 15 is 0 Å². The van der Waals surface area contributed by atoms with Crippen LogP contribution in [0.5, 0.6) is 11.5 Å². The van der Waals surface area contributed by atoms with E-state index in [0.29, 0.717) is 36.1 Å². The Bertz CT molecular complexity index is 1590. The minimum atomic E-state index is -0.247. The van der Waals surface area contributed by atoms with Gasteiger partial charge in [-0.25, -0.2) is 9.97 Å². The molecule has 190 valence electrons. The van der Waals surface area contributed by atoms with Crippen molar-refractivity contribution >= 4 is 28.1 Å². The van der Waals surface area contributed by atoms with E-state index in [9.17, 15) is 10.2 Å². The third-order valence-electron chi connectivity index (χ3n) is 6.77. The van der Waals surface area contributed by atoms with Gasteiger partial charge in [0.2, 0.25) is 0 Å². The quantitative estimate of drug-likeness (QED) is 0.298. The maximum absolute atomic E-state index is 10.0. The summed E-state index contributed by atoms with van der Waals surface area (Å²) in [6.45, 7) is 1.96. The maximum atomic E-state index is 10.0. The molecule has 1 aliphatic heterocycles. The molecule has 10 heteroatoms. The molecule has 0 bridgehead atoms. The Kier molecular flexibility index (Phi) is 5.91. The molecule has 3 N–H and O–H groups in total. The average molecular weight is 501 g/mol. The molecule has 0 unspecified atom stereocenters. The number of benzene rings is 2. The van der Waals surface area contributed by atoms with E-state index in [1.165, 1.54) is 0 Å². The SMILES string of the molecule is COc1ccc(Nc2nc(-c3ccc4c(CN5CC(O)C5)cn(CO)c4c3)cn3ccnc23)cc1OC. The van der Waals surface area contributed by atoms with Crippen molar-refractivity contribution in [2.24, 2.45) is 0 Å². The number of imidazole rings is 1. The van der Waals surface area contributed by atoms with Crippen LogP contribution in [0.1, 0.15) is 5.56 Å². The van der Waals surface area contributed by atoms with Gasteiger partial charge >= 0.3 is 0 Å². The van der Waals surface area contributed by atoms with Crippen LogP contribution in [0, 0.1) is 0 Å². The molecule has 0 saturated carbocycles. The molecule has 6 rings (SSSR count). The largest absolute Gasteiger partial charge is 0.493 e. The summed E-state index contributed by atoms with van der Waals surface area (Å²) in [5, 5.41) is 24.1. The molecule has 0 atom stereocenters. The van der Waals surface area contributed by atoms with Gasteiger partial charge in [-0.2, -0.15) is 0 Å². The van der Waals surface area contributed by atoms with Crippen molar-refractivity contribution in [3.05, 3.63) is 66.7 Å². The van der Waals surface area contributed by atoms with Crippen molar-refractivity contribution in [1.29, 1.82) is 0 Å². The van der Waals surface area contributed by atoms with Gasteiger partial charge in [-0.15, -0.1) is 0 Å². The molecule has 0 spiro atoms. The molecule has 2 aromatic carbocycles. The summed E-state index contributed by atoms with van der Waals surface area (Å²) in [5.41, 5.74) is 5.20. The molecular weight excluding hydrogens is 472 g/mol. The molecule has 4 heterocycles. The first-order chi connectivity index (χ1) is 18.1. The van der Waals surface area contributed by atoms with Crippen molar-refractivity contribution in [2.45, 2.75) is 19.4 Å². The van der Waals surface area contributed by atoms with Gasteiger partial charge < -0.3 is 34.0 Å². The first kappa shape index (κ1) is 23.3. The first-order valence-corrected chi connectivity index (χ1v) is 12.0. The molecule has 1 aliphatic rings. The van der Waals surface area contributed by atoms with Gasteiger partial charge in [-0.3, -0.25) is 4.90 Å². The monoisotopic (exact) mass is 500 g/mol. The fraction of sp³-hybridized carbons (Fsp3) is 0.259. The highest BCUT2D eigenvalue weighted by Crippen LogP contribution is 2.33. The third-order valence-corrected chi connectivity index (χ3v) is 6.77. The maximum Gasteiger partial charge on any atom is 0.180 e. The zero-order chi connectivity index (χ0) is 25.5. The zero-order valence-electron chi connectivity index (χ0n) is 20.6. The Morgan fingerprint density at radius 1 is 1.05 bits per heavy atom. The van der Waals surface area contributed by atoms with Crippen LogP contribution < -0.4 is 14.8 Å². The predicted octanol–water partition coefficient (Wildman–Crippen LogP) is 3.24. The molecule has 10 nitrogen and oxygen atoms in total. The number of ether oxygens (including phenoxy) is 2. The van der Waals surface area contributed by atoms with Crippen LogP contribution in [-0.4, -0.2) is 67.5 Å². The Hall–Kier alpha value is -4.12. The Balaban J connectivity index is 1.38. The van der Waals surface area contributed by atoms with Gasteiger partial charge in [0.05, 0.1) is 31.5 Å². The Morgan fingerprint density at radius 2 is 1.89 bits per heavy atom. The van der Waals surface area contributed by atoms with Gasteiger partial charge in [-0.05, 0) is 23.8 Å². The lowest BCUT2D eigenvalue weighted by atomic mass is 10.1. The molecule has 3 aromatic heterocycles. The minimum absolute atomic E-state index is 0.122. The fourth-order valence-corrected chi connectivity index (χ4v) is 4.89. The lowest BCUT2D eigenvalue weighted by Crippen LogP contribution is -2.49. The van der Waals surface area contributed by atoms with Gasteiger partial charge in [0.1, 0.15) is 6.73 Å². The third kappa shape index (κ3) is 4.25. The van der Waals surface area contributed by atoms with Crippen molar-refractivity contribution in [3.8, 4) is 22.8 Å². The molecule has 0 aliphatic carbocycles. The second kappa shape index (κ2) is 9.40. The second-order valence-electron chi connectivity index (χ2n) is 9.17. The lowest BCUT2D eigenvalue weighted by molar-refractivity contribution is -0.00269. The number of hydrogen-bond acceptors (Lipinski definition) is 8. The Morgan fingerprint density at radius 3 is 2.65 bits per heavy atom. The number of rotatable bonds is 8. The topological polar surface area (TPSA) is 109 Å². The first-order valence-electron chi connectivity index (χ1n) is 12.0. The number of nitrogens with one attached hydrogen (secondary N) is 1. The number of β-amino-alcohol motifs (C(OH)–C–C–N with tert-alkyl or cyclic N) is 1. The molecule has 0 radical (unpaired) electrons. The van der Waals surface area contributed by atoms with Crippen molar-refractivity contribution in [3.63, 3.8) is 0 Å². The number of hydrogen-bond donors (Lipinski definition) is 3. The highest BCUT2D eigenvalue weighted by molar-refractivity contribution is 5.88. The molecule has 1 saturated heterocycles. The van der Waals surface area contributed by atoms with Crippen LogP contribution >= 0.6 is 0 Å².